The van der Waals surface area contributed by atoms with Crippen molar-refractivity contribution >= 4 is 33.3 Å². The minimum Gasteiger partial charge on any atom is -0.312 e. The van der Waals surface area contributed by atoms with E-state index in [4.69, 9.17) is 0 Å². The van der Waals surface area contributed by atoms with Crippen molar-refractivity contribution in [2.75, 3.05) is 5.32 Å². The Morgan fingerprint density at radius 2 is 2.26 bits per heavy atom. The number of hydrogen-bond donors (Lipinski definition) is 1. The lowest BCUT2D eigenvalue weighted by atomic mass is 9.88. The Bertz CT molecular complexity index is 1070. The van der Waals surface area contributed by atoms with Gasteiger partial charge in [-0.25, -0.2) is 9.67 Å². The maximum absolute atomic E-state index is 12.8. The number of aromatic nitrogens is 3. The van der Waals surface area contributed by atoms with Gasteiger partial charge < -0.3 is 5.32 Å². The lowest BCUT2D eigenvalue weighted by Gasteiger charge is -2.17. The number of thiophene rings is 1. The Kier molecular flexibility index (Phi) is 4.44. The zero-order valence-corrected chi connectivity index (χ0v) is 16.4. The van der Waals surface area contributed by atoms with Gasteiger partial charge in [0.15, 0.2) is 5.65 Å². The molecule has 0 aromatic carbocycles. The molecule has 27 heavy (non-hydrogen) atoms. The molecule has 0 spiro atoms. The molecule has 1 aliphatic carbocycles. The molecule has 0 radical (unpaired) electrons. The SMILES string of the molecule is CC1CCc2c(sc(NC(=O)c3cnc4c(cnn4C(C)C)c3)c2C#N)C1. The summed E-state index contributed by atoms with van der Waals surface area (Å²) in [5.74, 6) is 0.375. The summed E-state index contributed by atoms with van der Waals surface area (Å²) in [5, 5.41) is 18.3. The van der Waals surface area contributed by atoms with Crippen LogP contribution in [0.2, 0.25) is 0 Å². The largest absolute Gasteiger partial charge is 0.312 e. The summed E-state index contributed by atoms with van der Waals surface area (Å²) < 4.78 is 1.83. The smallest absolute Gasteiger partial charge is 0.257 e. The highest BCUT2D eigenvalue weighted by Gasteiger charge is 2.25. The zero-order valence-electron chi connectivity index (χ0n) is 15.6. The number of nitrogens with one attached hydrogen (secondary N) is 1. The monoisotopic (exact) mass is 379 g/mol. The predicted molar refractivity (Wildman–Crippen MR) is 106 cm³/mol. The van der Waals surface area contributed by atoms with Crippen LogP contribution >= 0.6 is 11.3 Å². The molecule has 1 atom stereocenters. The van der Waals surface area contributed by atoms with Crippen LogP contribution in [0, 0.1) is 17.2 Å². The van der Waals surface area contributed by atoms with Crippen LogP contribution in [0.4, 0.5) is 5.00 Å². The molecule has 0 aliphatic heterocycles. The van der Waals surface area contributed by atoms with Gasteiger partial charge in [-0.15, -0.1) is 11.3 Å². The number of pyridine rings is 1. The molecule has 0 saturated carbocycles. The Labute approximate surface area is 161 Å². The van der Waals surface area contributed by atoms with E-state index >= 15 is 0 Å². The fourth-order valence-electron chi connectivity index (χ4n) is 3.57. The van der Waals surface area contributed by atoms with Crippen molar-refractivity contribution in [1.29, 1.82) is 5.26 Å². The number of rotatable bonds is 3. The van der Waals surface area contributed by atoms with Crippen LogP contribution in [-0.4, -0.2) is 20.7 Å². The summed E-state index contributed by atoms with van der Waals surface area (Å²) in [7, 11) is 0. The van der Waals surface area contributed by atoms with Crippen molar-refractivity contribution in [3.8, 4) is 6.07 Å². The second-order valence-corrected chi connectivity index (χ2v) is 8.55. The Morgan fingerprint density at radius 3 is 3.00 bits per heavy atom. The Morgan fingerprint density at radius 1 is 1.44 bits per heavy atom. The first-order chi connectivity index (χ1) is 13.0. The molecule has 0 bridgehead atoms. The molecule has 3 heterocycles. The van der Waals surface area contributed by atoms with E-state index in [0.29, 0.717) is 22.0 Å². The summed E-state index contributed by atoms with van der Waals surface area (Å²) in [6.45, 7) is 6.31. The van der Waals surface area contributed by atoms with Crippen LogP contribution in [0.15, 0.2) is 18.5 Å². The molecule has 6 nitrogen and oxygen atoms in total. The van der Waals surface area contributed by atoms with Gasteiger partial charge in [-0.2, -0.15) is 10.4 Å². The lowest BCUT2D eigenvalue weighted by Crippen LogP contribution is -2.12. The van der Waals surface area contributed by atoms with Crippen molar-refractivity contribution < 1.29 is 4.79 Å². The van der Waals surface area contributed by atoms with Gasteiger partial charge in [-0.05, 0) is 50.7 Å². The zero-order chi connectivity index (χ0) is 19.1. The molecular weight excluding hydrogens is 358 g/mol. The Hall–Kier alpha value is -2.72. The molecule has 3 aromatic heterocycles. The van der Waals surface area contributed by atoms with E-state index in [0.717, 1.165) is 35.9 Å². The molecule has 1 unspecified atom stereocenters. The molecule has 1 amide bonds. The molecule has 3 aromatic rings. The van der Waals surface area contributed by atoms with Crippen molar-refractivity contribution in [3.63, 3.8) is 0 Å². The normalized spacial score (nSPS) is 16.3. The van der Waals surface area contributed by atoms with Crippen LogP contribution in [0.3, 0.4) is 0 Å². The summed E-state index contributed by atoms with van der Waals surface area (Å²) >= 11 is 1.53. The highest BCUT2D eigenvalue weighted by molar-refractivity contribution is 7.16. The highest BCUT2D eigenvalue weighted by Crippen LogP contribution is 2.39. The van der Waals surface area contributed by atoms with Gasteiger partial charge in [-0.1, -0.05) is 6.92 Å². The maximum Gasteiger partial charge on any atom is 0.257 e. The standard InChI is InChI=1S/C20H21N5OS/c1-11(2)25-18-13(10-23-25)7-14(9-22-18)19(26)24-20-16(8-21)15-5-4-12(3)6-17(15)27-20/h7,9-12H,4-6H2,1-3H3,(H,24,26). The number of amides is 1. The van der Waals surface area contributed by atoms with Crippen molar-refractivity contribution in [2.45, 2.75) is 46.1 Å². The minimum atomic E-state index is -0.246. The Balaban J connectivity index is 1.63. The number of carbonyl (C=O) groups is 1. The third kappa shape index (κ3) is 3.10. The molecule has 7 heteroatoms. The first-order valence-corrected chi connectivity index (χ1v) is 9.98. The average molecular weight is 379 g/mol. The van der Waals surface area contributed by atoms with Gasteiger partial charge in [0.25, 0.3) is 5.91 Å². The van der Waals surface area contributed by atoms with Crippen LogP contribution in [0.1, 0.15) is 59.6 Å². The minimum absolute atomic E-state index is 0.202. The fraction of sp³-hybridized carbons (Fsp3) is 0.400. The summed E-state index contributed by atoms with van der Waals surface area (Å²) in [5.41, 5.74) is 2.97. The van der Waals surface area contributed by atoms with Crippen molar-refractivity contribution in [3.05, 3.63) is 40.0 Å². The fourth-order valence-corrected chi connectivity index (χ4v) is 4.93. The first-order valence-electron chi connectivity index (χ1n) is 9.17. The summed E-state index contributed by atoms with van der Waals surface area (Å²) in [6, 6.07) is 4.29. The number of fused-ring (bicyclic) bond motifs is 2. The van der Waals surface area contributed by atoms with Crippen LogP contribution in [0.5, 0.6) is 0 Å². The van der Waals surface area contributed by atoms with E-state index < -0.39 is 0 Å². The van der Waals surface area contributed by atoms with Gasteiger partial charge in [0.1, 0.15) is 11.1 Å². The quantitative estimate of drug-likeness (QED) is 0.734. The van der Waals surface area contributed by atoms with Gasteiger partial charge >= 0.3 is 0 Å². The second kappa shape index (κ2) is 6.78. The topological polar surface area (TPSA) is 83.6 Å². The highest BCUT2D eigenvalue weighted by atomic mass is 32.1. The molecular formula is C20H21N5OS. The second-order valence-electron chi connectivity index (χ2n) is 7.44. The van der Waals surface area contributed by atoms with E-state index in [1.54, 1.807) is 18.5 Å². The van der Waals surface area contributed by atoms with Gasteiger partial charge in [0, 0.05) is 22.5 Å². The molecule has 0 saturated heterocycles. The first kappa shape index (κ1) is 17.7. The average Bonchev–Trinajstić information content (AvgIpc) is 3.21. The van der Waals surface area contributed by atoms with E-state index in [-0.39, 0.29) is 11.9 Å². The van der Waals surface area contributed by atoms with Crippen molar-refractivity contribution in [2.24, 2.45) is 5.92 Å². The van der Waals surface area contributed by atoms with Crippen molar-refractivity contribution in [1.82, 2.24) is 14.8 Å². The van der Waals surface area contributed by atoms with E-state index in [2.05, 4.69) is 28.4 Å². The van der Waals surface area contributed by atoms with Crippen LogP contribution < -0.4 is 5.32 Å². The van der Waals surface area contributed by atoms with Gasteiger partial charge in [0.05, 0.1) is 17.3 Å². The van der Waals surface area contributed by atoms with E-state index in [9.17, 15) is 10.1 Å². The van der Waals surface area contributed by atoms with Crippen LogP contribution in [-0.2, 0) is 12.8 Å². The predicted octanol–water partition coefficient (Wildman–Crippen LogP) is 4.32. The number of hydrogen-bond acceptors (Lipinski definition) is 5. The molecule has 4 rings (SSSR count). The number of nitrogens with zero attached hydrogens (tertiary/aromatic N) is 4. The molecule has 138 valence electrons. The summed E-state index contributed by atoms with van der Waals surface area (Å²) in [6.07, 6.45) is 6.28. The van der Waals surface area contributed by atoms with Gasteiger partial charge in [-0.3, -0.25) is 4.79 Å². The number of anilines is 1. The molecule has 1 aliphatic rings. The van der Waals surface area contributed by atoms with E-state index in [1.165, 1.54) is 16.2 Å². The molecule has 0 fully saturated rings. The summed E-state index contributed by atoms with van der Waals surface area (Å²) in [4.78, 5) is 18.4. The third-order valence-electron chi connectivity index (χ3n) is 5.04. The van der Waals surface area contributed by atoms with Crippen LogP contribution in [0.25, 0.3) is 11.0 Å². The van der Waals surface area contributed by atoms with Gasteiger partial charge in [0.2, 0.25) is 0 Å². The molecule has 1 N–H and O–H groups in total. The maximum atomic E-state index is 12.8. The lowest BCUT2D eigenvalue weighted by molar-refractivity contribution is 0.102. The number of nitriles is 1. The third-order valence-corrected chi connectivity index (χ3v) is 6.21. The van der Waals surface area contributed by atoms with E-state index in [1.807, 2.05) is 18.5 Å². The number of carbonyl (C=O) groups excluding carboxylic acids is 1.